The first kappa shape index (κ1) is 37.4. The van der Waals surface area contributed by atoms with Gasteiger partial charge in [-0.2, -0.15) is 0 Å². The monoisotopic (exact) mass is 535 g/mol. The number of allylic oxidation sites excluding steroid dienone is 4. The fraction of sp³-hybridized carbons (Fsp3) is 0.889. The van der Waals surface area contributed by atoms with Crippen LogP contribution in [0.2, 0.25) is 0 Å². The highest BCUT2D eigenvalue weighted by Gasteiger charge is 2.15. The van der Waals surface area contributed by atoms with Gasteiger partial charge in [-0.05, 0) is 64.2 Å². The Labute approximate surface area is 240 Å². The second-order valence-electron chi connectivity index (χ2n) is 11.9. The molecule has 2 nitrogen and oxygen atoms in total. The zero-order valence-electron chi connectivity index (χ0n) is 26.2. The molecule has 0 spiro atoms. The Morgan fingerprint density at radius 2 is 0.579 bits per heavy atom. The van der Waals surface area contributed by atoms with Crippen LogP contribution in [0.1, 0.15) is 194 Å². The minimum absolute atomic E-state index is 0.531. The lowest BCUT2D eigenvalue weighted by molar-refractivity contribution is 0.00712. The molecule has 2 atom stereocenters. The molecule has 0 aromatic carbocycles. The van der Waals surface area contributed by atoms with Crippen molar-refractivity contribution in [3.05, 3.63) is 24.3 Å². The van der Waals surface area contributed by atoms with Crippen LogP contribution in [0.4, 0.5) is 0 Å². The lowest BCUT2D eigenvalue weighted by atomic mass is 9.99. The van der Waals surface area contributed by atoms with Gasteiger partial charge in [-0.1, -0.05) is 154 Å². The van der Waals surface area contributed by atoms with Gasteiger partial charge in [0.05, 0.1) is 12.2 Å². The van der Waals surface area contributed by atoms with E-state index in [1.165, 1.54) is 154 Å². The second kappa shape index (κ2) is 32.6. The molecule has 0 aliphatic carbocycles. The molecule has 0 radical (unpaired) electrons. The Balaban J connectivity index is 3.36. The Hall–Kier alpha value is -0.600. The van der Waals surface area contributed by atoms with Crippen molar-refractivity contribution in [1.82, 2.24) is 0 Å². The molecule has 0 fully saturated rings. The summed E-state index contributed by atoms with van der Waals surface area (Å²) in [5.74, 6) is 0. The molecule has 2 unspecified atom stereocenters. The van der Waals surface area contributed by atoms with Gasteiger partial charge in [0, 0.05) is 0 Å². The summed E-state index contributed by atoms with van der Waals surface area (Å²) in [6.07, 6.45) is 43.6. The lowest BCUT2D eigenvalue weighted by Crippen LogP contribution is -2.25. The van der Waals surface area contributed by atoms with Gasteiger partial charge in [-0.3, -0.25) is 0 Å². The molecule has 0 aliphatic rings. The highest BCUT2D eigenvalue weighted by molar-refractivity contribution is 4.82. The molecule has 2 N–H and O–H groups in total. The Kier molecular flexibility index (Phi) is 32.1. The normalized spacial score (nSPS) is 13.7. The largest absolute Gasteiger partial charge is 0.390 e. The van der Waals surface area contributed by atoms with E-state index in [1.807, 2.05) is 0 Å². The summed E-state index contributed by atoms with van der Waals surface area (Å²) < 4.78 is 0. The fourth-order valence-corrected chi connectivity index (χ4v) is 5.23. The minimum atomic E-state index is -0.531. The predicted octanol–water partition coefficient (Wildman–Crippen LogP) is 11.8. The van der Waals surface area contributed by atoms with Gasteiger partial charge in [0.1, 0.15) is 0 Å². The van der Waals surface area contributed by atoms with Crippen molar-refractivity contribution in [3.8, 4) is 0 Å². The van der Waals surface area contributed by atoms with Crippen LogP contribution in [-0.4, -0.2) is 22.4 Å². The van der Waals surface area contributed by atoms with Crippen molar-refractivity contribution in [3.63, 3.8) is 0 Å². The van der Waals surface area contributed by atoms with Gasteiger partial charge >= 0.3 is 0 Å². The third-order valence-corrected chi connectivity index (χ3v) is 7.97. The number of hydrogen-bond donors (Lipinski definition) is 2. The quantitative estimate of drug-likeness (QED) is 0.0685. The molecule has 0 aromatic rings. The second-order valence-corrected chi connectivity index (χ2v) is 11.9. The first-order chi connectivity index (χ1) is 18.7. The van der Waals surface area contributed by atoms with E-state index in [9.17, 15) is 10.2 Å². The van der Waals surface area contributed by atoms with Crippen molar-refractivity contribution in [2.24, 2.45) is 0 Å². The summed E-state index contributed by atoms with van der Waals surface area (Å²) in [5, 5.41) is 20.5. The lowest BCUT2D eigenvalue weighted by Gasteiger charge is -2.17. The highest BCUT2D eigenvalue weighted by Crippen LogP contribution is 2.16. The molecule has 38 heavy (non-hydrogen) atoms. The van der Waals surface area contributed by atoms with Crippen molar-refractivity contribution in [2.45, 2.75) is 206 Å². The summed E-state index contributed by atoms with van der Waals surface area (Å²) in [6.45, 7) is 4.55. The maximum atomic E-state index is 10.3. The smallest absolute Gasteiger partial charge is 0.0799 e. The summed E-state index contributed by atoms with van der Waals surface area (Å²) in [7, 11) is 0. The molecule has 0 heterocycles. The topological polar surface area (TPSA) is 40.5 Å². The first-order valence-corrected chi connectivity index (χ1v) is 17.4. The molecule has 0 aromatic heterocycles. The van der Waals surface area contributed by atoms with Gasteiger partial charge in [-0.25, -0.2) is 0 Å². The summed E-state index contributed by atoms with van der Waals surface area (Å²) >= 11 is 0. The predicted molar refractivity (Wildman–Crippen MR) is 171 cm³/mol. The SMILES string of the molecule is CCCCCCCCC=CCCCCCCCC(O)C(O)CCCCCCCC=CCCCCCCCC. The molecular weight excluding hydrogens is 464 g/mol. The molecule has 0 amide bonds. The standard InChI is InChI=1S/C36H70O2/c1-3-5-7-9-11-13-15-17-19-21-23-25-27-29-31-33-35(37)36(38)34-32-30-28-26-24-22-20-18-16-14-12-10-8-6-4-2/h17-20,35-38H,3-16,21-34H2,1-2H3. The van der Waals surface area contributed by atoms with Crippen LogP contribution in [0.3, 0.4) is 0 Å². The van der Waals surface area contributed by atoms with Gasteiger partial charge in [-0.15, -0.1) is 0 Å². The maximum absolute atomic E-state index is 10.3. The van der Waals surface area contributed by atoms with Gasteiger partial charge in [0.2, 0.25) is 0 Å². The molecule has 0 aliphatic heterocycles. The van der Waals surface area contributed by atoms with E-state index in [0.717, 1.165) is 25.7 Å². The van der Waals surface area contributed by atoms with Gasteiger partial charge in [0.15, 0.2) is 0 Å². The number of aliphatic hydroxyl groups is 2. The van der Waals surface area contributed by atoms with Crippen LogP contribution in [-0.2, 0) is 0 Å². The molecule has 0 saturated carbocycles. The van der Waals surface area contributed by atoms with Crippen molar-refractivity contribution in [2.75, 3.05) is 0 Å². The molecule has 226 valence electrons. The maximum Gasteiger partial charge on any atom is 0.0799 e. The van der Waals surface area contributed by atoms with Crippen LogP contribution < -0.4 is 0 Å². The summed E-state index contributed by atoms with van der Waals surface area (Å²) in [5.41, 5.74) is 0. The van der Waals surface area contributed by atoms with Crippen molar-refractivity contribution < 1.29 is 10.2 Å². The van der Waals surface area contributed by atoms with E-state index >= 15 is 0 Å². The Morgan fingerprint density at radius 1 is 0.342 bits per heavy atom. The third kappa shape index (κ3) is 29.9. The van der Waals surface area contributed by atoms with Crippen LogP contribution in [0, 0.1) is 0 Å². The van der Waals surface area contributed by atoms with Crippen LogP contribution >= 0.6 is 0 Å². The minimum Gasteiger partial charge on any atom is -0.390 e. The first-order valence-electron chi connectivity index (χ1n) is 17.4. The van der Waals surface area contributed by atoms with Gasteiger partial charge < -0.3 is 10.2 Å². The zero-order valence-corrected chi connectivity index (χ0v) is 26.2. The van der Waals surface area contributed by atoms with Crippen molar-refractivity contribution >= 4 is 0 Å². The number of unbranched alkanes of at least 4 members (excludes halogenated alkanes) is 22. The van der Waals surface area contributed by atoms with E-state index < -0.39 is 12.2 Å². The average molecular weight is 535 g/mol. The van der Waals surface area contributed by atoms with Crippen molar-refractivity contribution in [1.29, 1.82) is 0 Å². The van der Waals surface area contributed by atoms with E-state index in [0.29, 0.717) is 0 Å². The average Bonchev–Trinajstić information content (AvgIpc) is 2.92. The molecular formula is C36H70O2. The van der Waals surface area contributed by atoms with Gasteiger partial charge in [0.25, 0.3) is 0 Å². The summed E-state index contributed by atoms with van der Waals surface area (Å²) in [4.78, 5) is 0. The Morgan fingerprint density at radius 3 is 0.868 bits per heavy atom. The number of hydrogen-bond acceptors (Lipinski definition) is 2. The molecule has 0 rings (SSSR count). The molecule has 2 heteroatoms. The van der Waals surface area contributed by atoms with E-state index in [-0.39, 0.29) is 0 Å². The number of rotatable bonds is 31. The summed E-state index contributed by atoms with van der Waals surface area (Å²) in [6, 6.07) is 0. The Bertz CT molecular complexity index is 440. The van der Waals surface area contributed by atoms with Crippen LogP contribution in [0.15, 0.2) is 24.3 Å². The number of aliphatic hydroxyl groups excluding tert-OH is 2. The highest BCUT2D eigenvalue weighted by atomic mass is 16.3. The van der Waals surface area contributed by atoms with Crippen LogP contribution in [0.5, 0.6) is 0 Å². The third-order valence-electron chi connectivity index (χ3n) is 7.97. The van der Waals surface area contributed by atoms with Crippen LogP contribution in [0.25, 0.3) is 0 Å². The zero-order chi connectivity index (χ0) is 27.8. The molecule has 0 bridgehead atoms. The van der Waals surface area contributed by atoms with E-state index in [2.05, 4.69) is 38.2 Å². The van der Waals surface area contributed by atoms with E-state index in [4.69, 9.17) is 0 Å². The van der Waals surface area contributed by atoms with E-state index in [1.54, 1.807) is 0 Å². The fourth-order valence-electron chi connectivity index (χ4n) is 5.23. The molecule has 0 saturated heterocycles.